The third-order valence-electron chi connectivity index (χ3n) is 3.74. The van der Waals surface area contributed by atoms with Gasteiger partial charge in [-0.1, -0.05) is 6.07 Å². The van der Waals surface area contributed by atoms with Gasteiger partial charge in [0.25, 0.3) is 0 Å². The van der Waals surface area contributed by atoms with Gasteiger partial charge in [-0.2, -0.15) is 0 Å². The summed E-state index contributed by atoms with van der Waals surface area (Å²) < 4.78 is 0. The molecule has 0 saturated heterocycles. The summed E-state index contributed by atoms with van der Waals surface area (Å²) >= 11 is 0. The lowest BCUT2D eigenvalue weighted by molar-refractivity contribution is 0.0739. The van der Waals surface area contributed by atoms with Crippen LogP contribution >= 0.6 is 0 Å². The maximum atomic E-state index is 5.75. The van der Waals surface area contributed by atoms with Crippen molar-refractivity contribution in [3.8, 4) is 0 Å². The van der Waals surface area contributed by atoms with Gasteiger partial charge >= 0.3 is 0 Å². The lowest BCUT2D eigenvalue weighted by Gasteiger charge is -2.47. The molecule has 0 aromatic heterocycles. The summed E-state index contributed by atoms with van der Waals surface area (Å²) in [6.45, 7) is 1.00. The number of nitrogens with zero attached hydrogens (tertiary/aromatic N) is 1. The van der Waals surface area contributed by atoms with E-state index in [1.165, 1.54) is 19.3 Å². The molecular formula is C13H21N3. The van der Waals surface area contributed by atoms with E-state index in [1.54, 1.807) is 0 Å². The Kier molecular flexibility index (Phi) is 3.06. The van der Waals surface area contributed by atoms with E-state index < -0.39 is 0 Å². The first-order chi connectivity index (χ1) is 7.62. The smallest absolute Gasteiger partial charge is 0.0375 e. The van der Waals surface area contributed by atoms with Gasteiger partial charge in [-0.05, 0) is 51.6 Å². The van der Waals surface area contributed by atoms with E-state index in [0.717, 1.165) is 17.9 Å². The van der Waals surface area contributed by atoms with Crippen LogP contribution in [0, 0.1) is 0 Å². The minimum Gasteiger partial charge on any atom is -0.399 e. The van der Waals surface area contributed by atoms with Gasteiger partial charge < -0.3 is 16.0 Å². The van der Waals surface area contributed by atoms with Gasteiger partial charge in [-0.25, -0.2) is 0 Å². The van der Waals surface area contributed by atoms with Crippen molar-refractivity contribution in [3.63, 3.8) is 0 Å². The van der Waals surface area contributed by atoms with Crippen LogP contribution in [0.2, 0.25) is 0 Å². The molecule has 1 aliphatic rings. The zero-order valence-corrected chi connectivity index (χ0v) is 10.2. The van der Waals surface area contributed by atoms with Crippen LogP contribution in [0.1, 0.15) is 19.3 Å². The molecule has 1 saturated carbocycles. The van der Waals surface area contributed by atoms with E-state index in [2.05, 4.69) is 30.4 Å². The molecule has 0 spiro atoms. The molecule has 0 atom stereocenters. The topological polar surface area (TPSA) is 41.3 Å². The lowest BCUT2D eigenvalue weighted by atomic mass is 9.75. The summed E-state index contributed by atoms with van der Waals surface area (Å²) in [5.74, 6) is 0. The van der Waals surface area contributed by atoms with Gasteiger partial charge in [0.05, 0.1) is 0 Å². The van der Waals surface area contributed by atoms with E-state index in [9.17, 15) is 0 Å². The molecule has 0 unspecified atom stereocenters. The van der Waals surface area contributed by atoms with Crippen molar-refractivity contribution in [2.45, 2.75) is 24.8 Å². The Morgan fingerprint density at radius 3 is 2.62 bits per heavy atom. The Morgan fingerprint density at radius 1 is 1.38 bits per heavy atom. The number of hydrogen-bond acceptors (Lipinski definition) is 3. The predicted octanol–water partition coefficient (Wildman–Crippen LogP) is 2.17. The first-order valence-corrected chi connectivity index (χ1v) is 5.89. The molecule has 0 amide bonds. The largest absolute Gasteiger partial charge is 0.399 e. The number of nitrogens with two attached hydrogens (primary N) is 1. The molecule has 1 aromatic carbocycles. The number of rotatable bonds is 4. The van der Waals surface area contributed by atoms with Crippen LogP contribution in [-0.4, -0.2) is 31.1 Å². The maximum absolute atomic E-state index is 5.75. The Morgan fingerprint density at radius 2 is 2.12 bits per heavy atom. The molecule has 3 nitrogen and oxygen atoms in total. The molecule has 1 fully saturated rings. The first-order valence-electron chi connectivity index (χ1n) is 5.89. The molecule has 0 radical (unpaired) electrons. The highest BCUT2D eigenvalue weighted by Gasteiger charge is 2.38. The average molecular weight is 219 g/mol. The van der Waals surface area contributed by atoms with Crippen LogP contribution in [-0.2, 0) is 0 Å². The molecule has 0 aliphatic heterocycles. The molecule has 3 heteroatoms. The summed E-state index contributed by atoms with van der Waals surface area (Å²) in [5, 5.41) is 3.49. The number of nitrogens with one attached hydrogen (secondary N) is 1. The van der Waals surface area contributed by atoms with Gasteiger partial charge in [-0.15, -0.1) is 0 Å². The Balaban J connectivity index is 1.96. The molecule has 0 bridgehead atoms. The lowest BCUT2D eigenvalue weighted by Crippen LogP contribution is -2.54. The summed E-state index contributed by atoms with van der Waals surface area (Å²) in [6.07, 6.45) is 3.92. The number of anilines is 2. The fourth-order valence-electron chi connectivity index (χ4n) is 2.28. The van der Waals surface area contributed by atoms with Crippen molar-refractivity contribution in [2.24, 2.45) is 0 Å². The van der Waals surface area contributed by atoms with E-state index in [1.807, 2.05) is 18.2 Å². The summed E-state index contributed by atoms with van der Waals surface area (Å²) in [7, 11) is 4.33. The zero-order chi connectivity index (χ0) is 11.6. The number of likely N-dealkylation sites (N-methyl/N-ethyl adjacent to an activating group) is 1. The molecular weight excluding hydrogens is 198 g/mol. The van der Waals surface area contributed by atoms with Crippen molar-refractivity contribution in [1.82, 2.24) is 4.90 Å². The monoisotopic (exact) mass is 219 g/mol. The van der Waals surface area contributed by atoms with Crippen LogP contribution in [0.3, 0.4) is 0 Å². The van der Waals surface area contributed by atoms with Gasteiger partial charge in [-0.3, -0.25) is 0 Å². The highest BCUT2D eigenvalue weighted by Crippen LogP contribution is 2.36. The fraction of sp³-hybridized carbons (Fsp3) is 0.538. The summed E-state index contributed by atoms with van der Waals surface area (Å²) in [4.78, 5) is 2.34. The number of hydrogen-bond donors (Lipinski definition) is 2. The minimum atomic E-state index is 0.352. The van der Waals surface area contributed by atoms with Crippen molar-refractivity contribution >= 4 is 11.4 Å². The second kappa shape index (κ2) is 4.34. The maximum Gasteiger partial charge on any atom is 0.0375 e. The van der Waals surface area contributed by atoms with Gasteiger partial charge in [0, 0.05) is 23.5 Å². The highest BCUT2D eigenvalue weighted by atomic mass is 15.2. The zero-order valence-electron chi connectivity index (χ0n) is 10.2. The molecule has 16 heavy (non-hydrogen) atoms. The van der Waals surface area contributed by atoms with Gasteiger partial charge in [0.15, 0.2) is 0 Å². The normalized spacial score (nSPS) is 18.2. The quantitative estimate of drug-likeness (QED) is 0.763. The molecule has 2 rings (SSSR count). The Hall–Kier alpha value is -1.22. The van der Waals surface area contributed by atoms with Crippen molar-refractivity contribution in [3.05, 3.63) is 24.3 Å². The second-order valence-electron chi connectivity index (χ2n) is 4.95. The third-order valence-corrected chi connectivity index (χ3v) is 3.74. The fourth-order valence-corrected chi connectivity index (χ4v) is 2.28. The van der Waals surface area contributed by atoms with Gasteiger partial charge in [0.1, 0.15) is 0 Å². The van der Waals surface area contributed by atoms with Crippen LogP contribution in [0.15, 0.2) is 24.3 Å². The van der Waals surface area contributed by atoms with E-state index in [-0.39, 0.29) is 0 Å². The van der Waals surface area contributed by atoms with E-state index in [4.69, 9.17) is 5.73 Å². The number of nitrogen functional groups attached to an aromatic ring is 1. The molecule has 1 aliphatic carbocycles. The summed E-state index contributed by atoms with van der Waals surface area (Å²) in [6, 6.07) is 7.96. The molecule has 3 N–H and O–H groups in total. The van der Waals surface area contributed by atoms with Crippen LogP contribution in [0.25, 0.3) is 0 Å². The van der Waals surface area contributed by atoms with E-state index >= 15 is 0 Å². The highest BCUT2D eigenvalue weighted by molar-refractivity contribution is 5.54. The third kappa shape index (κ3) is 2.14. The number of benzene rings is 1. The summed E-state index contributed by atoms with van der Waals surface area (Å²) in [5.41, 5.74) is 8.04. The Labute approximate surface area is 97.6 Å². The predicted molar refractivity (Wildman–Crippen MR) is 69.6 cm³/mol. The van der Waals surface area contributed by atoms with Crippen LogP contribution < -0.4 is 11.1 Å². The van der Waals surface area contributed by atoms with Gasteiger partial charge in [0.2, 0.25) is 0 Å². The van der Waals surface area contributed by atoms with Crippen molar-refractivity contribution < 1.29 is 0 Å². The minimum absolute atomic E-state index is 0.352. The van der Waals surface area contributed by atoms with Crippen molar-refractivity contribution in [1.29, 1.82) is 0 Å². The second-order valence-corrected chi connectivity index (χ2v) is 4.95. The van der Waals surface area contributed by atoms with Crippen LogP contribution in [0.5, 0.6) is 0 Å². The van der Waals surface area contributed by atoms with E-state index in [0.29, 0.717) is 5.54 Å². The molecule has 0 heterocycles. The first kappa shape index (κ1) is 11.3. The van der Waals surface area contributed by atoms with Crippen molar-refractivity contribution in [2.75, 3.05) is 31.7 Å². The Bertz CT molecular complexity index is 356. The molecule has 1 aromatic rings. The molecule has 88 valence electrons. The van der Waals surface area contributed by atoms with Crippen LogP contribution in [0.4, 0.5) is 11.4 Å². The average Bonchev–Trinajstić information content (AvgIpc) is 2.15. The standard InChI is InChI=1S/C13H21N3/c1-16(2)13(7-4-8-13)10-15-12-6-3-5-11(14)9-12/h3,5-6,9,15H,4,7-8,10,14H2,1-2H3. The SMILES string of the molecule is CN(C)C1(CNc2cccc(N)c2)CCC1.